The number of nitrogens with one attached hydrogen (secondary N) is 1. The van der Waals surface area contributed by atoms with Crippen LogP contribution in [0.4, 0.5) is 5.69 Å². The number of fused-ring (bicyclic) bond motifs is 1. The summed E-state index contributed by atoms with van der Waals surface area (Å²) in [4.78, 5) is 15.1. The van der Waals surface area contributed by atoms with Gasteiger partial charge < -0.3 is 24.4 Å². The lowest BCUT2D eigenvalue weighted by Gasteiger charge is -2.27. The number of aryl methyl sites for hydroxylation is 1. The number of benzene rings is 2. The van der Waals surface area contributed by atoms with E-state index in [1.54, 1.807) is 12.1 Å². The van der Waals surface area contributed by atoms with Gasteiger partial charge in [0, 0.05) is 31.4 Å². The normalized spacial score (nSPS) is 12.8. The van der Waals surface area contributed by atoms with E-state index < -0.39 is 0 Å². The van der Waals surface area contributed by atoms with Crippen LogP contribution < -0.4 is 24.4 Å². The Morgan fingerprint density at radius 3 is 2.32 bits per heavy atom. The van der Waals surface area contributed by atoms with Crippen LogP contribution in [-0.2, 0) is 12.8 Å². The highest BCUT2D eigenvalue weighted by Crippen LogP contribution is 2.39. The zero-order chi connectivity index (χ0) is 22.2. The number of hydrogen-bond acceptors (Lipinski definition) is 5. The molecule has 0 unspecified atom stereocenters. The van der Waals surface area contributed by atoms with Gasteiger partial charge in [-0.25, -0.2) is 0 Å². The molecule has 1 amide bonds. The maximum atomic E-state index is 12.8. The second-order valence-corrected chi connectivity index (χ2v) is 7.59. The van der Waals surface area contributed by atoms with Crippen molar-refractivity contribution in [3.8, 4) is 17.2 Å². The standard InChI is InChI=1S/C25H34N2O4/c1-5-29-22-16-20(17-23(30-6-2)24(22)31-7-3)25(28)26-13-12-18-10-11-21-19(15-18)9-8-14-27(21)4/h10-11,15-17H,5-9,12-14H2,1-4H3,(H,26,28). The van der Waals surface area contributed by atoms with Crippen LogP contribution in [0.2, 0.25) is 0 Å². The summed E-state index contributed by atoms with van der Waals surface area (Å²) in [5.74, 6) is 1.45. The molecule has 0 aliphatic carbocycles. The van der Waals surface area contributed by atoms with E-state index in [0.717, 1.165) is 19.4 Å². The molecule has 168 valence electrons. The smallest absolute Gasteiger partial charge is 0.251 e. The predicted molar refractivity (Wildman–Crippen MR) is 124 cm³/mol. The van der Waals surface area contributed by atoms with E-state index in [-0.39, 0.29) is 5.91 Å². The van der Waals surface area contributed by atoms with Crippen molar-refractivity contribution in [3.63, 3.8) is 0 Å². The van der Waals surface area contributed by atoms with Crippen molar-refractivity contribution in [3.05, 3.63) is 47.0 Å². The number of carbonyl (C=O) groups excluding carboxylic acids is 1. The van der Waals surface area contributed by atoms with E-state index in [9.17, 15) is 4.79 Å². The SMILES string of the molecule is CCOc1cc(C(=O)NCCc2ccc3c(c2)CCCN3C)cc(OCC)c1OCC. The molecule has 2 aromatic carbocycles. The molecule has 1 heterocycles. The van der Waals surface area contributed by atoms with Crippen LogP contribution in [-0.4, -0.2) is 45.9 Å². The van der Waals surface area contributed by atoms with Gasteiger partial charge in [-0.1, -0.05) is 12.1 Å². The van der Waals surface area contributed by atoms with Gasteiger partial charge >= 0.3 is 0 Å². The molecule has 2 aromatic rings. The fourth-order valence-corrected chi connectivity index (χ4v) is 3.94. The summed E-state index contributed by atoms with van der Waals surface area (Å²) in [5.41, 5.74) is 4.46. The van der Waals surface area contributed by atoms with E-state index >= 15 is 0 Å². The Morgan fingerprint density at radius 1 is 1.00 bits per heavy atom. The predicted octanol–water partition coefficient (Wildman–Crippen LogP) is 4.24. The topological polar surface area (TPSA) is 60.0 Å². The van der Waals surface area contributed by atoms with Gasteiger partial charge in [0.1, 0.15) is 0 Å². The van der Waals surface area contributed by atoms with Gasteiger partial charge in [0.2, 0.25) is 5.75 Å². The summed E-state index contributed by atoms with van der Waals surface area (Å²) < 4.78 is 17.1. The van der Waals surface area contributed by atoms with Gasteiger partial charge in [0.25, 0.3) is 5.91 Å². The highest BCUT2D eigenvalue weighted by Gasteiger charge is 2.18. The van der Waals surface area contributed by atoms with Crippen molar-refractivity contribution >= 4 is 11.6 Å². The largest absolute Gasteiger partial charge is 0.490 e. The van der Waals surface area contributed by atoms with Crippen molar-refractivity contribution in [2.45, 2.75) is 40.0 Å². The van der Waals surface area contributed by atoms with E-state index in [0.29, 0.717) is 49.2 Å². The fraction of sp³-hybridized carbons (Fsp3) is 0.480. The fourth-order valence-electron chi connectivity index (χ4n) is 3.94. The van der Waals surface area contributed by atoms with Gasteiger partial charge in [0.05, 0.1) is 19.8 Å². The van der Waals surface area contributed by atoms with Crippen molar-refractivity contribution in [1.29, 1.82) is 0 Å². The zero-order valence-corrected chi connectivity index (χ0v) is 19.1. The van der Waals surface area contributed by atoms with Crippen molar-refractivity contribution in [2.75, 3.05) is 44.9 Å². The Bertz CT molecular complexity index is 870. The number of nitrogens with zero attached hydrogens (tertiary/aromatic N) is 1. The molecule has 0 aromatic heterocycles. The van der Waals surface area contributed by atoms with Crippen molar-refractivity contribution < 1.29 is 19.0 Å². The van der Waals surface area contributed by atoms with Crippen molar-refractivity contribution in [1.82, 2.24) is 5.32 Å². The van der Waals surface area contributed by atoms with Crippen LogP contribution in [0.5, 0.6) is 17.2 Å². The number of hydrogen-bond donors (Lipinski definition) is 1. The minimum absolute atomic E-state index is 0.150. The minimum atomic E-state index is -0.150. The van der Waals surface area contributed by atoms with Gasteiger partial charge in [-0.05, 0) is 69.4 Å². The van der Waals surface area contributed by atoms with Gasteiger partial charge in [-0.3, -0.25) is 4.79 Å². The zero-order valence-electron chi connectivity index (χ0n) is 19.1. The number of anilines is 1. The first-order valence-electron chi connectivity index (χ1n) is 11.2. The number of carbonyl (C=O) groups is 1. The maximum absolute atomic E-state index is 12.8. The molecule has 0 atom stereocenters. The monoisotopic (exact) mass is 426 g/mol. The molecule has 0 fully saturated rings. The highest BCUT2D eigenvalue weighted by molar-refractivity contribution is 5.95. The Hall–Kier alpha value is -2.89. The first-order chi connectivity index (χ1) is 15.1. The first-order valence-corrected chi connectivity index (χ1v) is 11.2. The highest BCUT2D eigenvalue weighted by atomic mass is 16.5. The average Bonchev–Trinajstić information content (AvgIpc) is 2.76. The van der Waals surface area contributed by atoms with E-state index in [2.05, 4.69) is 35.5 Å². The van der Waals surface area contributed by atoms with E-state index in [1.807, 2.05) is 20.8 Å². The summed E-state index contributed by atoms with van der Waals surface area (Å²) in [6.07, 6.45) is 3.09. The molecule has 0 saturated carbocycles. The van der Waals surface area contributed by atoms with Crippen LogP contribution in [0.3, 0.4) is 0 Å². The number of rotatable bonds is 10. The molecule has 1 N–H and O–H groups in total. The van der Waals surface area contributed by atoms with Crippen LogP contribution >= 0.6 is 0 Å². The van der Waals surface area contributed by atoms with Crippen LogP contribution in [0, 0.1) is 0 Å². The number of amides is 1. The number of ether oxygens (including phenoxy) is 3. The molecule has 6 nitrogen and oxygen atoms in total. The summed E-state index contributed by atoms with van der Waals surface area (Å²) in [5, 5.41) is 3.03. The summed E-state index contributed by atoms with van der Waals surface area (Å²) in [6, 6.07) is 10.1. The third-order valence-corrected chi connectivity index (χ3v) is 5.37. The Balaban J connectivity index is 1.68. The van der Waals surface area contributed by atoms with Gasteiger partial charge in [-0.2, -0.15) is 0 Å². The summed E-state index contributed by atoms with van der Waals surface area (Å²) in [7, 11) is 2.14. The van der Waals surface area contributed by atoms with Crippen LogP contribution in [0.15, 0.2) is 30.3 Å². The third-order valence-electron chi connectivity index (χ3n) is 5.37. The second kappa shape index (κ2) is 10.9. The van der Waals surface area contributed by atoms with Crippen LogP contribution in [0.25, 0.3) is 0 Å². The Morgan fingerprint density at radius 2 is 1.68 bits per heavy atom. The summed E-state index contributed by atoms with van der Waals surface area (Å²) >= 11 is 0. The molecule has 6 heteroatoms. The lowest BCUT2D eigenvalue weighted by molar-refractivity contribution is 0.0953. The average molecular weight is 427 g/mol. The molecule has 31 heavy (non-hydrogen) atoms. The minimum Gasteiger partial charge on any atom is -0.490 e. The molecule has 0 saturated heterocycles. The third kappa shape index (κ3) is 5.63. The lowest BCUT2D eigenvalue weighted by Crippen LogP contribution is -2.26. The molecular formula is C25H34N2O4. The Kier molecular flexibility index (Phi) is 8.04. The molecule has 0 radical (unpaired) electrons. The maximum Gasteiger partial charge on any atom is 0.251 e. The molecule has 1 aliphatic rings. The van der Waals surface area contributed by atoms with Crippen LogP contribution in [0.1, 0.15) is 48.7 Å². The summed E-state index contributed by atoms with van der Waals surface area (Å²) in [6.45, 7) is 8.83. The van der Waals surface area contributed by atoms with Gasteiger partial charge in [0.15, 0.2) is 11.5 Å². The quantitative estimate of drug-likeness (QED) is 0.616. The van der Waals surface area contributed by atoms with E-state index in [1.165, 1.54) is 23.2 Å². The molecule has 0 bridgehead atoms. The molecule has 1 aliphatic heterocycles. The van der Waals surface area contributed by atoms with Gasteiger partial charge in [-0.15, -0.1) is 0 Å². The lowest BCUT2D eigenvalue weighted by atomic mass is 9.98. The Labute approximate surface area is 185 Å². The first kappa shape index (κ1) is 22.8. The second-order valence-electron chi connectivity index (χ2n) is 7.59. The molecule has 0 spiro atoms. The molecule has 3 rings (SSSR count). The molecular weight excluding hydrogens is 392 g/mol. The van der Waals surface area contributed by atoms with Crippen molar-refractivity contribution in [2.24, 2.45) is 0 Å². The van der Waals surface area contributed by atoms with E-state index in [4.69, 9.17) is 14.2 Å².